The van der Waals surface area contributed by atoms with Gasteiger partial charge in [-0.15, -0.1) is 0 Å². The fourth-order valence-electron chi connectivity index (χ4n) is 2.19. The summed E-state index contributed by atoms with van der Waals surface area (Å²) in [5, 5.41) is 22.3. The van der Waals surface area contributed by atoms with Crippen molar-refractivity contribution in [1.82, 2.24) is 10.3 Å². The van der Waals surface area contributed by atoms with E-state index in [1.807, 2.05) is 6.92 Å². The largest absolute Gasteiger partial charge is 0.481 e. The van der Waals surface area contributed by atoms with Crippen molar-refractivity contribution in [1.29, 1.82) is 0 Å². The number of aliphatic carboxylic acids is 1. The summed E-state index contributed by atoms with van der Waals surface area (Å²) in [7, 11) is 0. The molecular formula is C14H18N2O5. The first-order chi connectivity index (χ1) is 10.0. The SMILES string of the molecule is CCCNC(CC(=O)O)C(O)c1ccc2[nH]c(=O)oc2c1. The van der Waals surface area contributed by atoms with E-state index >= 15 is 0 Å². The Hall–Kier alpha value is -2.12. The number of aromatic amines is 1. The topological polar surface area (TPSA) is 116 Å². The Labute approximate surface area is 120 Å². The lowest BCUT2D eigenvalue weighted by Gasteiger charge is -2.23. The van der Waals surface area contributed by atoms with Gasteiger partial charge in [0.25, 0.3) is 0 Å². The molecule has 0 aliphatic heterocycles. The minimum absolute atomic E-state index is 0.198. The highest BCUT2D eigenvalue weighted by atomic mass is 16.4. The number of rotatable bonds is 7. The fraction of sp³-hybridized carbons (Fsp3) is 0.429. The van der Waals surface area contributed by atoms with Crippen LogP contribution >= 0.6 is 0 Å². The lowest BCUT2D eigenvalue weighted by Crippen LogP contribution is -2.37. The third kappa shape index (κ3) is 3.71. The third-order valence-corrected chi connectivity index (χ3v) is 3.22. The van der Waals surface area contributed by atoms with Crippen molar-refractivity contribution >= 4 is 17.1 Å². The zero-order valence-electron chi connectivity index (χ0n) is 11.6. The number of carboxylic acid groups (broad SMARTS) is 1. The van der Waals surface area contributed by atoms with Gasteiger partial charge in [-0.05, 0) is 30.7 Å². The van der Waals surface area contributed by atoms with Crippen molar-refractivity contribution < 1.29 is 19.4 Å². The average Bonchev–Trinajstić information content (AvgIpc) is 2.81. The van der Waals surface area contributed by atoms with Gasteiger partial charge in [-0.1, -0.05) is 13.0 Å². The second-order valence-corrected chi connectivity index (χ2v) is 4.87. The molecule has 0 aliphatic carbocycles. The molecule has 7 nitrogen and oxygen atoms in total. The van der Waals surface area contributed by atoms with Crippen LogP contribution in [0.4, 0.5) is 0 Å². The van der Waals surface area contributed by atoms with Crippen molar-refractivity contribution in [3.63, 3.8) is 0 Å². The Morgan fingerprint density at radius 3 is 2.90 bits per heavy atom. The molecule has 0 saturated heterocycles. The number of benzene rings is 1. The molecule has 21 heavy (non-hydrogen) atoms. The summed E-state index contributed by atoms with van der Waals surface area (Å²) in [5.74, 6) is -1.56. The van der Waals surface area contributed by atoms with Gasteiger partial charge in [0.2, 0.25) is 0 Å². The van der Waals surface area contributed by atoms with E-state index < -0.39 is 23.9 Å². The highest BCUT2D eigenvalue weighted by Gasteiger charge is 2.23. The monoisotopic (exact) mass is 294 g/mol. The second kappa shape index (κ2) is 6.55. The van der Waals surface area contributed by atoms with Crippen LogP contribution < -0.4 is 11.1 Å². The summed E-state index contributed by atoms with van der Waals surface area (Å²) in [6, 6.07) is 4.20. The van der Waals surface area contributed by atoms with Gasteiger partial charge in [0.15, 0.2) is 5.58 Å². The molecule has 1 aromatic carbocycles. The van der Waals surface area contributed by atoms with Gasteiger partial charge >= 0.3 is 11.7 Å². The van der Waals surface area contributed by atoms with E-state index in [1.165, 1.54) is 0 Å². The maximum atomic E-state index is 11.1. The van der Waals surface area contributed by atoms with E-state index in [0.717, 1.165) is 6.42 Å². The van der Waals surface area contributed by atoms with E-state index in [9.17, 15) is 14.7 Å². The zero-order chi connectivity index (χ0) is 15.4. The van der Waals surface area contributed by atoms with Crippen LogP contribution in [-0.2, 0) is 4.79 Å². The molecule has 0 fully saturated rings. The van der Waals surface area contributed by atoms with Gasteiger partial charge in [-0.25, -0.2) is 4.79 Å². The molecule has 0 spiro atoms. The number of fused-ring (bicyclic) bond motifs is 1. The van der Waals surface area contributed by atoms with Gasteiger partial charge in [-0.2, -0.15) is 0 Å². The number of nitrogens with one attached hydrogen (secondary N) is 2. The second-order valence-electron chi connectivity index (χ2n) is 4.87. The Morgan fingerprint density at radius 1 is 1.48 bits per heavy atom. The highest BCUT2D eigenvalue weighted by molar-refractivity contribution is 5.73. The van der Waals surface area contributed by atoms with Gasteiger partial charge in [-0.3, -0.25) is 9.78 Å². The minimum Gasteiger partial charge on any atom is -0.481 e. The van der Waals surface area contributed by atoms with Gasteiger partial charge in [0.05, 0.1) is 18.0 Å². The van der Waals surface area contributed by atoms with E-state index in [1.54, 1.807) is 18.2 Å². The number of aliphatic hydroxyl groups excluding tert-OH is 1. The highest BCUT2D eigenvalue weighted by Crippen LogP contribution is 2.22. The Morgan fingerprint density at radius 2 is 2.24 bits per heavy atom. The predicted octanol–water partition coefficient (Wildman–Crippen LogP) is 0.997. The molecule has 4 N–H and O–H groups in total. The molecule has 2 unspecified atom stereocenters. The molecule has 2 atom stereocenters. The van der Waals surface area contributed by atoms with Crippen molar-refractivity contribution in [3.05, 3.63) is 34.3 Å². The molecule has 1 aromatic heterocycles. The van der Waals surface area contributed by atoms with Crippen molar-refractivity contribution in [3.8, 4) is 0 Å². The number of oxazole rings is 1. The first-order valence-corrected chi connectivity index (χ1v) is 6.77. The maximum absolute atomic E-state index is 11.1. The summed E-state index contributed by atoms with van der Waals surface area (Å²) in [6.07, 6.45) is -0.373. The van der Waals surface area contributed by atoms with Crippen molar-refractivity contribution in [2.75, 3.05) is 6.54 Å². The number of hydrogen-bond donors (Lipinski definition) is 4. The molecule has 2 rings (SSSR count). The molecule has 1 heterocycles. The van der Waals surface area contributed by atoms with E-state index in [0.29, 0.717) is 23.2 Å². The summed E-state index contributed by atoms with van der Waals surface area (Å²) in [4.78, 5) is 24.5. The lowest BCUT2D eigenvalue weighted by atomic mass is 9.99. The zero-order valence-corrected chi connectivity index (χ0v) is 11.6. The van der Waals surface area contributed by atoms with Crippen LogP contribution in [0.15, 0.2) is 27.4 Å². The number of carbonyl (C=O) groups is 1. The Bertz CT molecular complexity index is 675. The molecule has 2 aromatic rings. The summed E-state index contributed by atoms with van der Waals surface area (Å²) in [6.45, 7) is 2.56. The minimum atomic E-state index is -1.00. The van der Waals surface area contributed by atoms with Crippen LogP contribution in [0.25, 0.3) is 11.1 Å². The average molecular weight is 294 g/mol. The van der Waals surface area contributed by atoms with Gasteiger partial charge in [0, 0.05) is 6.04 Å². The van der Waals surface area contributed by atoms with Crippen LogP contribution in [0.1, 0.15) is 31.4 Å². The number of hydrogen-bond acceptors (Lipinski definition) is 5. The standard InChI is InChI=1S/C14H18N2O5/c1-2-5-15-10(7-12(17)18)13(19)8-3-4-9-11(6-8)21-14(20)16-9/h3-4,6,10,13,15,19H,2,5,7H2,1H3,(H,16,20)(H,17,18). The van der Waals surface area contributed by atoms with E-state index in [-0.39, 0.29) is 6.42 Å². The smallest absolute Gasteiger partial charge is 0.417 e. The Balaban J connectivity index is 2.25. The molecule has 114 valence electrons. The molecule has 0 saturated carbocycles. The van der Waals surface area contributed by atoms with Crippen molar-refractivity contribution in [2.45, 2.75) is 31.9 Å². The summed E-state index contributed by atoms with van der Waals surface area (Å²) < 4.78 is 4.94. The molecule has 0 amide bonds. The van der Waals surface area contributed by atoms with Crippen LogP contribution in [0.3, 0.4) is 0 Å². The predicted molar refractivity (Wildman–Crippen MR) is 76.1 cm³/mol. The van der Waals surface area contributed by atoms with E-state index in [2.05, 4.69) is 10.3 Å². The van der Waals surface area contributed by atoms with Crippen LogP contribution in [0.5, 0.6) is 0 Å². The van der Waals surface area contributed by atoms with Crippen molar-refractivity contribution in [2.24, 2.45) is 0 Å². The number of H-pyrrole nitrogens is 1. The lowest BCUT2D eigenvalue weighted by molar-refractivity contribution is -0.138. The quantitative estimate of drug-likeness (QED) is 0.605. The molecule has 0 aliphatic rings. The van der Waals surface area contributed by atoms with Crippen LogP contribution in [0.2, 0.25) is 0 Å². The van der Waals surface area contributed by atoms with E-state index in [4.69, 9.17) is 9.52 Å². The number of aromatic nitrogens is 1. The Kier molecular flexibility index (Phi) is 4.77. The third-order valence-electron chi connectivity index (χ3n) is 3.22. The molecule has 0 radical (unpaired) electrons. The first-order valence-electron chi connectivity index (χ1n) is 6.77. The first kappa shape index (κ1) is 15.3. The molecule has 0 bridgehead atoms. The summed E-state index contributed by atoms with van der Waals surface area (Å²) in [5.41, 5.74) is 1.37. The molecule has 7 heteroatoms. The fourth-order valence-corrected chi connectivity index (χ4v) is 2.19. The van der Waals surface area contributed by atoms with Gasteiger partial charge < -0.3 is 19.9 Å². The molecular weight excluding hydrogens is 276 g/mol. The van der Waals surface area contributed by atoms with Gasteiger partial charge in [0.1, 0.15) is 0 Å². The summed E-state index contributed by atoms with van der Waals surface area (Å²) >= 11 is 0. The number of carboxylic acids is 1. The van der Waals surface area contributed by atoms with Crippen LogP contribution in [0, 0.1) is 0 Å². The van der Waals surface area contributed by atoms with Crippen LogP contribution in [-0.4, -0.2) is 33.8 Å². The maximum Gasteiger partial charge on any atom is 0.417 e. The number of aliphatic hydroxyl groups is 1. The normalized spacial score (nSPS) is 14.2.